The van der Waals surface area contributed by atoms with Crippen LogP contribution in [0.3, 0.4) is 0 Å². The van der Waals surface area contributed by atoms with Crippen LogP contribution in [0.15, 0.2) is 27.7 Å². The third-order valence-corrected chi connectivity index (χ3v) is 4.71. The van der Waals surface area contributed by atoms with Crippen molar-refractivity contribution in [2.45, 2.75) is 5.03 Å². The van der Waals surface area contributed by atoms with Crippen LogP contribution in [0, 0.1) is 11.3 Å². The van der Waals surface area contributed by atoms with E-state index in [-0.39, 0.29) is 22.5 Å². The molecule has 25 heavy (non-hydrogen) atoms. The van der Waals surface area contributed by atoms with Crippen molar-refractivity contribution in [3.63, 3.8) is 0 Å². The third kappa shape index (κ3) is 3.04. The molecule has 0 unspecified atom stereocenters. The van der Waals surface area contributed by atoms with Gasteiger partial charge in [-0.05, 0) is 24.5 Å². The number of aromatic nitrogens is 2. The van der Waals surface area contributed by atoms with Crippen LogP contribution in [-0.4, -0.2) is 45.6 Å². The molecule has 3 amide bonds. The number of carbonyl (C=O) groups excluding carboxylic acids is 3. The summed E-state index contributed by atoms with van der Waals surface area (Å²) in [5.41, 5.74) is 0.702. The zero-order valence-electron chi connectivity index (χ0n) is 12.8. The summed E-state index contributed by atoms with van der Waals surface area (Å²) < 4.78 is 0.666. The highest BCUT2D eigenvalue weighted by atomic mass is 79.9. The molecule has 1 aliphatic heterocycles. The highest BCUT2D eigenvalue weighted by Crippen LogP contribution is 2.26. The van der Waals surface area contributed by atoms with E-state index in [0.717, 1.165) is 4.90 Å². The fraction of sp³-hybridized carbons (Fsp3) is 0.133. The number of nitrogens with one attached hydrogen (secondary N) is 2. The number of benzene rings is 1. The average molecular weight is 420 g/mol. The van der Waals surface area contributed by atoms with Crippen molar-refractivity contribution in [1.29, 1.82) is 5.26 Å². The Hall–Kier alpha value is -2.64. The lowest BCUT2D eigenvalue weighted by molar-refractivity contribution is -0.116. The smallest absolute Gasteiger partial charge is 0.262 e. The van der Waals surface area contributed by atoms with Crippen LogP contribution < -0.4 is 5.32 Å². The molecule has 0 atom stereocenters. The van der Waals surface area contributed by atoms with Crippen LogP contribution in [0.1, 0.15) is 26.3 Å². The maximum Gasteiger partial charge on any atom is 0.262 e. The van der Waals surface area contributed by atoms with E-state index in [1.54, 1.807) is 18.4 Å². The predicted octanol–water partition coefficient (Wildman–Crippen LogP) is 2.00. The van der Waals surface area contributed by atoms with E-state index in [2.05, 4.69) is 31.4 Å². The molecule has 1 aromatic heterocycles. The average Bonchev–Trinajstić information content (AvgIpc) is 3.08. The molecule has 0 bridgehead atoms. The van der Waals surface area contributed by atoms with Gasteiger partial charge in [0.15, 0.2) is 0 Å². The molecule has 126 valence electrons. The number of aromatic amines is 1. The number of thioether (sulfide) groups is 1. The van der Waals surface area contributed by atoms with Crippen molar-refractivity contribution in [2.24, 2.45) is 0 Å². The Balaban J connectivity index is 1.77. The van der Waals surface area contributed by atoms with Gasteiger partial charge < -0.3 is 5.32 Å². The van der Waals surface area contributed by atoms with Gasteiger partial charge in [-0.1, -0.05) is 15.9 Å². The summed E-state index contributed by atoms with van der Waals surface area (Å²) in [6.07, 6.45) is 1.75. The largest absolute Gasteiger partial charge is 0.308 e. The molecule has 3 rings (SSSR count). The highest BCUT2D eigenvalue weighted by Gasteiger charge is 2.36. The number of nitrogens with zero attached hydrogens (tertiary/aromatic N) is 3. The number of H-pyrrole nitrogens is 1. The summed E-state index contributed by atoms with van der Waals surface area (Å²) in [5.74, 6) is -1.54. The van der Waals surface area contributed by atoms with E-state index in [9.17, 15) is 14.4 Å². The van der Waals surface area contributed by atoms with Gasteiger partial charge >= 0.3 is 0 Å². The summed E-state index contributed by atoms with van der Waals surface area (Å²) in [6, 6.07) is 6.68. The van der Waals surface area contributed by atoms with Crippen LogP contribution in [0.4, 0.5) is 5.82 Å². The second-order valence-electron chi connectivity index (χ2n) is 5.03. The molecule has 10 heteroatoms. The zero-order chi connectivity index (χ0) is 18.1. The van der Waals surface area contributed by atoms with Gasteiger partial charge in [-0.3, -0.25) is 24.4 Å². The summed E-state index contributed by atoms with van der Waals surface area (Å²) in [5, 5.41) is 18.5. The molecule has 2 N–H and O–H groups in total. The lowest BCUT2D eigenvalue weighted by Gasteiger charge is -2.13. The van der Waals surface area contributed by atoms with Gasteiger partial charge in [-0.25, -0.2) is 0 Å². The number of hydrogen-bond donors (Lipinski definition) is 2. The first-order chi connectivity index (χ1) is 12.0. The molecule has 0 fully saturated rings. The Bertz CT molecular complexity index is 949. The molecule has 0 radical (unpaired) electrons. The van der Waals surface area contributed by atoms with Gasteiger partial charge in [-0.2, -0.15) is 10.4 Å². The number of halogens is 1. The SMILES string of the molecule is CSc1n[nH]c(NC(=O)CN2C(=O)c3ccc(Br)cc3C2=O)c1C#N. The maximum absolute atomic E-state index is 12.3. The highest BCUT2D eigenvalue weighted by molar-refractivity contribution is 9.10. The number of nitriles is 1. The number of carbonyl (C=O) groups is 3. The summed E-state index contributed by atoms with van der Waals surface area (Å²) >= 11 is 4.50. The Morgan fingerprint density at radius 3 is 2.80 bits per heavy atom. The van der Waals surface area contributed by atoms with Crippen LogP contribution >= 0.6 is 27.7 Å². The number of rotatable bonds is 4. The fourth-order valence-electron chi connectivity index (χ4n) is 2.40. The van der Waals surface area contributed by atoms with Gasteiger partial charge in [0.25, 0.3) is 11.8 Å². The number of anilines is 1. The summed E-state index contributed by atoms with van der Waals surface area (Å²) in [6.45, 7) is -0.456. The van der Waals surface area contributed by atoms with Crippen molar-refractivity contribution in [3.8, 4) is 6.07 Å². The Morgan fingerprint density at radius 1 is 1.40 bits per heavy atom. The van der Waals surface area contributed by atoms with Gasteiger partial charge in [0.2, 0.25) is 5.91 Å². The van der Waals surface area contributed by atoms with Crippen molar-refractivity contribution in [3.05, 3.63) is 39.4 Å². The monoisotopic (exact) mass is 419 g/mol. The van der Waals surface area contributed by atoms with E-state index in [0.29, 0.717) is 9.50 Å². The van der Waals surface area contributed by atoms with E-state index < -0.39 is 24.3 Å². The van der Waals surface area contributed by atoms with Crippen molar-refractivity contribution < 1.29 is 14.4 Å². The topological polar surface area (TPSA) is 119 Å². The number of imide groups is 1. The Labute approximate surface area is 154 Å². The first kappa shape index (κ1) is 17.2. The lowest BCUT2D eigenvalue weighted by Crippen LogP contribution is -2.37. The quantitative estimate of drug-likeness (QED) is 0.577. The van der Waals surface area contributed by atoms with Crippen LogP contribution in [0.5, 0.6) is 0 Å². The predicted molar refractivity (Wildman–Crippen MR) is 93.2 cm³/mol. The minimum Gasteiger partial charge on any atom is -0.308 e. The molecule has 1 aliphatic rings. The van der Waals surface area contributed by atoms with E-state index >= 15 is 0 Å². The third-order valence-electron chi connectivity index (χ3n) is 3.54. The first-order valence-electron chi connectivity index (χ1n) is 6.94. The standard InChI is InChI=1S/C15H10BrN5O3S/c1-25-13-10(5-17)12(19-20-13)18-11(22)6-21-14(23)8-3-2-7(16)4-9(8)15(21)24/h2-4H,6H2,1H3,(H2,18,19,20,22). The molecule has 2 aromatic rings. The van der Waals surface area contributed by atoms with Crippen molar-refractivity contribution in [1.82, 2.24) is 15.1 Å². The van der Waals surface area contributed by atoms with E-state index in [1.165, 1.54) is 17.8 Å². The molecular weight excluding hydrogens is 410 g/mol. The van der Waals surface area contributed by atoms with Crippen LogP contribution in [0.25, 0.3) is 0 Å². The minimum atomic E-state index is -0.610. The van der Waals surface area contributed by atoms with Crippen LogP contribution in [0.2, 0.25) is 0 Å². The number of amides is 3. The van der Waals surface area contributed by atoms with Gasteiger partial charge in [-0.15, -0.1) is 11.8 Å². The zero-order valence-corrected chi connectivity index (χ0v) is 15.2. The molecule has 0 aliphatic carbocycles. The van der Waals surface area contributed by atoms with Crippen LogP contribution in [-0.2, 0) is 4.79 Å². The second-order valence-corrected chi connectivity index (χ2v) is 6.74. The molecular formula is C15H10BrN5O3S. The normalized spacial score (nSPS) is 12.9. The molecule has 0 saturated heterocycles. The Morgan fingerprint density at radius 2 is 2.12 bits per heavy atom. The van der Waals surface area contributed by atoms with Gasteiger partial charge in [0.05, 0.1) is 11.1 Å². The van der Waals surface area contributed by atoms with Crippen molar-refractivity contribution >= 4 is 51.2 Å². The summed E-state index contributed by atoms with van der Waals surface area (Å²) in [4.78, 5) is 37.7. The van der Waals surface area contributed by atoms with Gasteiger partial charge in [0.1, 0.15) is 29.0 Å². The van der Waals surface area contributed by atoms with Crippen molar-refractivity contribution in [2.75, 3.05) is 18.1 Å². The first-order valence-corrected chi connectivity index (χ1v) is 8.96. The minimum absolute atomic E-state index is 0.135. The second kappa shape index (κ2) is 6.70. The molecule has 2 heterocycles. The van der Waals surface area contributed by atoms with Gasteiger partial charge in [0, 0.05) is 4.47 Å². The van der Waals surface area contributed by atoms with E-state index in [4.69, 9.17) is 5.26 Å². The van der Waals surface area contributed by atoms with E-state index in [1.807, 2.05) is 6.07 Å². The summed E-state index contributed by atoms with van der Waals surface area (Å²) in [7, 11) is 0. The Kier molecular flexibility index (Phi) is 4.61. The maximum atomic E-state index is 12.3. The molecule has 8 nitrogen and oxygen atoms in total. The molecule has 0 spiro atoms. The molecule has 1 aromatic carbocycles. The number of fused-ring (bicyclic) bond motifs is 1. The fourth-order valence-corrected chi connectivity index (χ4v) is 3.25. The lowest BCUT2D eigenvalue weighted by atomic mass is 10.1. The number of hydrogen-bond acceptors (Lipinski definition) is 6. The molecule has 0 saturated carbocycles.